The second kappa shape index (κ2) is 8.72. The number of anilines is 1. The molecule has 1 N–H and O–H groups in total. The molecule has 0 atom stereocenters. The molecule has 0 unspecified atom stereocenters. The van der Waals surface area contributed by atoms with Gasteiger partial charge < -0.3 is 19.5 Å². The monoisotopic (exact) mass is 393 g/mol. The number of amides is 1. The molecule has 2 aromatic heterocycles. The van der Waals surface area contributed by atoms with Gasteiger partial charge in [0.15, 0.2) is 6.61 Å². The largest absolute Gasteiger partial charge is 0.456 e. The maximum absolute atomic E-state index is 12.3. The van der Waals surface area contributed by atoms with Crippen LogP contribution in [0.2, 0.25) is 0 Å². The molecule has 1 amide bonds. The first-order chi connectivity index (χ1) is 14.2. The zero-order valence-corrected chi connectivity index (χ0v) is 16.1. The van der Waals surface area contributed by atoms with Gasteiger partial charge in [-0.25, -0.2) is 9.97 Å². The fourth-order valence-electron chi connectivity index (χ4n) is 3.49. The van der Waals surface area contributed by atoms with Crippen LogP contribution in [0.25, 0.3) is 10.9 Å². The number of aryl methyl sites for hydroxylation is 1. The highest BCUT2D eigenvalue weighted by Gasteiger charge is 2.23. The Balaban J connectivity index is 1.20. The Hall–Kier alpha value is -3.42. The molecule has 150 valence electrons. The number of aromatic amines is 1. The second-order valence-electron chi connectivity index (χ2n) is 6.94. The van der Waals surface area contributed by atoms with Crippen LogP contribution in [0.3, 0.4) is 0 Å². The zero-order chi connectivity index (χ0) is 20.1. The Bertz CT molecular complexity index is 980. The smallest absolute Gasteiger partial charge is 0.306 e. The SMILES string of the molecule is O=C(CCc1c[nH]c2ccccc12)OCC(=O)N1CCN(c2ncccn2)CC1. The average molecular weight is 393 g/mol. The first kappa shape index (κ1) is 18.9. The standard InChI is InChI=1S/C21H23N5O3/c27-19(25-10-12-26(13-11-25)21-22-8-3-9-23-21)15-29-20(28)7-6-16-14-24-18-5-2-1-4-17(16)18/h1-5,8-9,14,24H,6-7,10-13,15H2. The summed E-state index contributed by atoms with van der Waals surface area (Å²) in [6, 6.07) is 9.74. The molecule has 0 saturated carbocycles. The Labute approximate surface area is 168 Å². The molecule has 0 radical (unpaired) electrons. The van der Waals surface area contributed by atoms with Gasteiger partial charge in [0.05, 0.1) is 0 Å². The summed E-state index contributed by atoms with van der Waals surface area (Å²) in [4.78, 5) is 39.8. The van der Waals surface area contributed by atoms with Gasteiger partial charge in [-0.2, -0.15) is 0 Å². The van der Waals surface area contributed by atoms with Crippen LogP contribution in [-0.4, -0.2) is 64.5 Å². The van der Waals surface area contributed by atoms with Crippen LogP contribution in [0, 0.1) is 0 Å². The number of rotatable bonds is 6. The fourth-order valence-corrected chi connectivity index (χ4v) is 3.49. The second-order valence-corrected chi connectivity index (χ2v) is 6.94. The third-order valence-corrected chi connectivity index (χ3v) is 5.10. The summed E-state index contributed by atoms with van der Waals surface area (Å²) in [7, 11) is 0. The number of hydrogen-bond acceptors (Lipinski definition) is 6. The highest BCUT2D eigenvalue weighted by Crippen LogP contribution is 2.19. The molecule has 4 rings (SSSR count). The van der Waals surface area contributed by atoms with Gasteiger partial charge in [0, 0.05) is 62.1 Å². The van der Waals surface area contributed by atoms with Crippen LogP contribution in [-0.2, 0) is 20.7 Å². The van der Waals surface area contributed by atoms with E-state index in [-0.39, 0.29) is 24.9 Å². The minimum absolute atomic E-state index is 0.168. The van der Waals surface area contributed by atoms with Crippen LogP contribution in [0.1, 0.15) is 12.0 Å². The number of aromatic nitrogens is 3. The maximum atomic E-state index is 12.3. The van der Waals surface area contributed by atoms with Crippen molar-refractivity contribution >= 4 is 28.7 Å². The van der Waals surface area contributed by atoms with E-state index in [1.54, 1.807) is 23.4 Å². The number of nitrogens with zero attached hydrogens (tertiary/aromatic N) is 4. The molecule has 29 heavy (non-hydrogen) atoms. The maximum Gasteiger partial charge on any atom is 0.306 e. The molecule has 1 fully saturated rings. The Morgan fingerprint density at radius 2 is 1.79 bits per heavy atom. The summed E-state index contributed by atoms with van der Waals surface area (Å²) in [6.45, 7) is 2.22. The van der Waals surface area contributed by atoms with Crippen LogP contribution in [0.15, 0.2) is 48.9 Å². The lowest BCUT2D eigenvalue weighted by atomic mass is 10.1. The predicted octanol–water partition coefficient (Wildman–Crippen LogP) is 1.78. The first-order valence-electron chi connectivity index (χ1n) is 9.71. The molecule has 0 aliphatic carbocycles. The van der Waals surface area contributed by atoms with Crippen LogP contribution < -0.4 is 4.90 Å². The van der Waals surface area contributed by atoms with Crippen molar-refractivity contribution < 1.29 is 14.3 Å². The number of carbonyl (C=O) groups excluding carboxylic acids is 2. The summed E-state index contributed by atoms with van der Waals surface area (Å²) in [5.74, 6) is 0.141. The topological polar surface area (TPSA) is 91.4 Å². The zero-order valence-electron chi connectivity index (χ0n) is 16.1. The Morgan fingerprint density at radius 3 is 2.59 bits per heavy atom. The number of fused-ring (bicyclic) bond motifs is 1. The summed E-state index contributed by atoms with van der Waals surface area (Å²) < 4.78 is 5.20. The van der Waals surface area contributed by atoms with Gasteiger partial charge in [-0.15, -0.1) is 0 Å². The molecule has 1 aliphatic heterocycles. The van der Waals surface area contributed by atoms with Crippen molar-refractivity contribution in [2.75, 3.05) is 37.7 Å². The molecule has 0 spiro atoms. The van der Waals surface area contributed by atoms with E-state index in [1.807, 2.05) is 35.4 Å². The number of carbonyl (C=O) groups is 2. The lowest BCUT2D eigenvalue weighted by Crippen LogP contribution is -2.50. The van der Waals surface area contributed by atoms with Gasteiger partial charge in [0.2, 0.25) is 5.95 Å². The Morgan fingerprint density at radius 1 is 1.03 bits per heavy atom. The molecule has 1 aliphatic rings. The summed E-state index contributed by atoms with van der Waals surface area (Å²) in [5, 5.41) is 1.11. The van der Waals surface area contributed by atoms with E-state index in [0.29, 0.717) is 38.5 Å². The van der Waals surface area contributed by atoms with Crippen LogP contribution in [0.4, 0.5) is 5.95 Å². The number of benzene rings is 1. The number of para-hydroxylation sites is 1. The number of nitrogens with one attached hydrogen (secondary N) is 1. The number of ether oxygens (including phenoxy) is 1. The van der Waals surface area contributed by atoms with E-state index in [2.05, 4.69) is 15.0 Å². The predicted molar refractivity (Wildman–Crippen MR) is 108 cm³/mol. The van der Waals surface area contributed by atoms with Gasteiger partial charge in [0.1, 0.15) is 0 Å². The van der Waals surface area contributed by atoms with Gasteiger partial charge >= 0.3 is 5.97 Å². The van der Waals surface area contributed by atoms with E-state index in [1.165, 1.54) is 0 Å². The van der Waals surface area contributed by atoms with Crippen molar-refractivity contribution in [1.29, 1.82) is 0 Å². The summed E-state index contributed by atoms with van der Waals surface area (Å²) >= 11 is 0. The molecule has 0 bridgehead atoms. The quantitative estimate of drug-likeness (QED) is 0.642. The average Bonchev–Trinajstić information content (AvgIpc) is 3.20. The van der Waals surface area contributed by atoms with Crippen LogP contribution >= 0.6 is 0 Å². The lowest BCUT2D eigenvalue weighted by molar-refractivity contribution is -0.152. The van der Waals surface area contributed by atoms with E-state index >= 15 is 0 Å². The number of piperazine rings is 1. The van der Waals surface area contributed by atoms with Crippen molar-refractivity contribution in [2.24, 2.45) is 0 Å². The third kappa shape index (κ3) is 4.53. The molecule has 3 aromatic rings. The molecular formula is C21H23N5O3. The highest BCUT2D eigenvalue weighted by molar-refractivity contribution is 5.84. The van der Waals surface area contributed by atoms with Gasteiger partial charge in [-0.3, -0.25) is 9.59 Å². The Kier molecular flexibility index (Phi) is 5.69. The van der Waals surface area contributed by atoms with E-state index < -0.39 is 0 Å². The molecule has 1 saturated heterocycles. The highest BCUT2D eigenvalue weighted by atomic mass is 16.5. The lowest BCUT2D eigenvalue weighted by Gasteiger charge is -2.34. The van der Waals surface area contributed by atoms with Crippen molar-refractivity contribution in [3.63, 3.8) is 0 Å². The fraction of sp³-hybridized carbons (Fsp3) is 0.333. The number of H-pyrrole nitrogens is 1. The van der Waals surface area contributed by atoms with Gasteiger partial charge in [0.25, 0.3) is 5.91 Å². The van der Waals surface area contributed by atoms with Crippen LogP contribution in [0.5, 0.6) is 0 Å². The van der Waals surface area contributed by atoms with E-state index in [4.69, 9.17) is 4.74 Å². The molecule has 3 heterocycles. The van der Waals surface area contributed by atoms with Crippen molar-refractivity contribution in [3.8, 4) is 0 Å². The minimum atomic E-state index is -0.361. The molecular weight excluding hydrogens is 370 g/mol. The van der Waals surface area contributed by atoms with Crippen molar-refractivity contribution in [1.82, 2.24) is 19.9 Å². The van der Waals surface area contributed by atoms with Crippen molar-refractivity contribution in [2.45, 2.75) is 12.8 Å². The minimum Gasteiger partial charge on any atom is -0.456 e. The van der Waals surface area contributed by atoms with E-state index in [0.717, 1.165) is 16.5 Å². The van der Waals surface area contributed by atoms with Crippen molar-refractivity contribution in [3.05, 3.63) is 54.5 Å². The van der Waals surface area contributed by atoms with Gasteiger partial charge in [-0.1, -0.05) is 18.2 Å². The normalized spacial score (nSPS) is 14.2. The molecule has 8 heteroatoms. The number of hydrogen-bond donors (Lipinski definition) is 1. The molecule has 1 aromatic carbocycles. The summed E-state index contributed by atoms with van der Waals surface area (Å²) in [5.41, 5.74) is 2.12. The molecule has 8 nitrogen and oxygen atoms in total. The van der Waals surface area contributed by atoms with Gasteiger partial charge in [-0.05, 0) is 24.1 Å². The summed E-state index contributed by atoms with van der Waals surface area (Å²) in [6.07, 6.45) is 6.14. The third-order valence-electron chi connectivity index (χ3n) is 5.10. The van der Waals surface area contributed by atoms with E-state index in [9.17, 15) is 9.59 Å². The first-order valence-corrected chi connectivity index (χ1v) is 9.71. The number of esters is 1.